The molecular formula is C31H32N4O7S2. The highest BCUT2D eigenvalue weighted by atomic mass is 32.2. The molecule has 4 aromatic carbocycles. The minimum atomic E-state index is -4.24. The van der Waals surface area contributed by atoms with Crippen molar-refractivity contribution in [1.29, 1.82) is 0 Å². The van der Waals surface area contributed by atoms with E-state index in [9.17, 15) is 26.4 Å². The highest BCUT2D eigenvalue weighted by molar-refractivity contribution is 7.93. The number of benzene rings is 4. The number of carbonyl (C=O) groups is 2. The fraction of sp³-hybridized carbons (Fsp3) is 0.161. The molecule has 3 N–H and O–H groups in total. The second kappa shape index (κ2) is 13.2. The molecule has 0 radical (unpaired) electrons. The van der Waals surface area contributed by atoms with Crippen LogP contribution in [0.1, 0.15) is 18.1 Å². The molecule has 0 saturated carbocycles. The molecule has 11 nitrogen and oxygen atoms in total. The summed E-state index contributed by atoms with van der Waals surface area (Å²) in [6, 6.07) is 22.5. The number of hydrogen-bond acceptors (Lipinski definition) is 7. The van der Waals surface area contributed by atoms with Gasteiger partial charge in [0.25, 0.3) is 20.0 Å². The first-order chi connectivity index (χ1) is 20.8. The van der Waals surface area contributed by atoms with Gasteiger partial charge in [0.15, 0.2) is 0 Å². The van der Waals surface area contributed by atoms with Crippen LogP contribution in [0, 0.1) is 13.8 Å². The van der Waals surface area contributed by atoms with Gasteiger partial charge < -0.3 is 15.4 Å². The Labute approximate surface area is 257 Å². The number of rotatable bonds is 11. The zero-order chi connectivity index (χ0) is 32.1. The molecule has 0 heterocycles. The van der Waals surface area contributed by atoms with Crippen LogP contribution in [-0.2, 0) is 29.6 Å². The predicted octanol–water partition coefficient (Wildman–Crippen LogP) is 4.91. The van der Waals surface area contributed by atoms with Crippen LogP contribution in [0.2, 0.25) is 0 Å². The van der Waals surface area contributed by atoms with Crippen molar-refractivity contribution in [3.05, 3.63) is 102 Å². The lowest BCUT2D eigenvalue weighted by Gasteiger charge is -2.24. The molecule has 0 bridgehead atoms. The highest BCUT2D eigenvalue weighted by Gasteiger charge is 2.27. The first-order valence-corrected chi connectivity index (χ1v) is 16.3. The normalized spacial score (nSPS) is 11.4. The number of methoxy groups -OCH3 is 1. The summed E-state index contributed by atoms with van der Waals surface area (Å²) in [5, 5.41) is 5.21. The number of nitrogens with zero attached hydrogens (tertiary/aromatic N) is 1. The van der Waals surface area contributed by atoms with E-state index in [-0.39, 0.29) is 27.1 Å². The third-order valence-corrected chi connectivity index (χ3v) is 9.80. The molecule has 0 aromatic heterocycles. The van der Waals surface area contributed by atoms with Crippen LogP contribution in [0.5, 0.6) is 5.75 Å². The SMILES string of the molecule is COc1ccc(N(CC(=O)Nc2ccc(S(=O)(=O)Nc3ccc(C)c(C)c3)cc2)S(=O)(=O)c2ccc(NC(C)=O)cc2)cc1. The van der Waals surface area contributed by atoms with Crippen molar-refractivity contribution < 1.29 is 31.2 Å². The van der Waals surface area contributed by atoms with Gasteiger partial charge in [0, 0.05) is 24.0 Å². The summed E-state index contributed by atoms with van der Waals surface area (Å²) in [4.78, 5) is 24.4. The maximum absolute atomic E-state index is 13.7. The Morgan fingerprint density at radius 1 is 0.705 bits per heavy atom. The number of sulfonamides is 2. The summed E-state index contributed by atoms with van der Waals surface area (Å²) >= 11 is 0. The van der Waals surface area contributed by atoms with Crippen molar-refractivity contribution in [3.63, 3.8) is 0 Å². The van der Waals surface area contributed by atoms with Crippen LogP contribution in [0.25, 0.3) is 0 Å². The highest BCUT2D eigenvalue weighted by Crippen LogP contribution is 2.27. The third-order valence-electron chi connectivity index (χ3n) is 6.62. The third kappa shape index (κ3) is 7.74. The molecule has 44 heavy (non-hydrogen) atoms. The molecule has 4 aromatic rings. The van der Waals surface area contributed by atoms with Gasteiger partial charge in [-0.05, 0) is 110 Å². The fourth-order valence-corrected chi connectivity index (χ4v) is 6.64. The lowest BCUT2D eigenvalue weighted by Crippen LogP contribution is -2.38. The molecule has 0 aliphatic heterocycles. The summed E-state index contributed by atoms with van der Waals surface area (Å²) in [5.74, 6) is -0.472. The molecule has 0 aliphatic rings. The van der Waals surface area contributed by atoms with Gasteiger partial charge in [-0.15, -0.1) is 0 Å². The lowest BCUT2D eigenvalue weighted by molar-refractivity contribution is -0.115. The van der Waals surface area contributed by atoms with Gasteiger partial charge in [-0.25, -0.2) is 16.8 Å². The molecule has 0 fully saturated rings. The van der Waals surface area contributed by atoms with Gasteiger partial charge >= 0.3 is 0 Å². The van der Waals surface area contributed by atoms with E-state index in [2.05, 4.69) is 15.4 Å². The van der Waals surface area contributed by atoms with Crippen molar-refractivity contribution in [2.75, 3.05) is 33.3 Å². The Morgan fingerprint density at radius 3 is 1.80 bits per heavy atom. The molecule has 13 heteroatoms. The summed E-state index contributed by atoms with van der Waals surface area (Å²) in [6.07, 6.45) is 0. The molecule has 2 amide bonds. The molecule has 4 rings (SSSR count). The van der Waals surface area contributed by atoms with Crippen molar-refractivity contribution in [2.24, 2.45) is 0 Å². The Bertz CT molecular complexity index is 1880. The predicted molar refractivity (Wildman–Crippen MR) is 170 cm³/mol. The van der Waals surface area contributed by atoms with E-state index in [1.54, 1.807) is 24.3 Å². The number of nitrogens with one attached hydrogen (secondary N) is 3. The van der Waals surface area contributed by atoms with E-state index in [0.717, 1.165) is 15.4 Å². The number of aryl methyl sites for hydroxylation is 2. The maximum atomic E-state index is 13.7. The minimum Gasteiger partial charge on any atom is -0.497 e. The number of carbonyl (C=O) groups excluding carboxylic acids is 2. The van der Waals surface area contributed by atoms with Gasteiger partial charge in [-0.1, -0.05) is 6.07 Å². The summed E-state index contributed by atoms with van der Waals surface area (Å²) < 4.78 is 61.9. The van der Waals surface area contributed by atoms with E-state index >= 15 is 0 Å². The summed E-state index contributed by atoms with van der Waals surface area (Å²) in [6.45, 7) is 4.56. The van der Waals surface area contributed by atoms with Gasteiger partial charge in [-0.3, -0.25) is 18.6 Å². The minimum absolute atomic E-state index is 0.0149. The van der Waals surface area contributed by atoms with Gasteiger partial charge in [-0.2, -0.15) is 0 Å². The molecule has 0 aliphatic carbocycles. The van der Waals surface area contributed by atoms with Gasteiger partial charge in [0.2, 0.25) is 11.8 Å². The smallest absolute Gasteiger partial charge is 0.264 e. The number of anilines is 4. The van der Waals surface area contributed by atoms with Gasteiger partial charge in [0.1, 0.15) is 12.3 Å². The topological polar surface area (TPSA) is 151 Å². The summed E-state index contributed by atoms with van der Waals surface area (Å²) in [5.41, 5.74) is 3.30. The van der Waals surface area contributed by atoms with Crippen LogP contribution >= 0.6 is 0 Å². The van der Waals surface area contributed by atoms with Crippen LogP contribution in [-0.4, -0.2) is 42.3 Å². The van der Waals surface area contributed by atoms with Crippen LogP contribution in [0.15, 0.2) is 101 Å². The Morgan fingerprint density at radius 2 is 1.25 bits per heavy atom. The van der Waals surface area contributed by atoms with Crippen LogP contribution < -0.4 is 24.4 Å². The quantitative estimate of drug-likeness (QED) is 0.212. The van der Waals surface area contributed by atoms with Gasteiger partial charge in [0.05, 0.1) is 22.6 Å². The number of amides is 2. The van der Waals surface area contributed by atoms with E-state index < -0.39 is 32.5 Å². The van der Waals surface area contributed by atoms with E-state index in [1.807, 2.05) is 19.9 Å². The van der Waals surface area contributed by atoms with Crippen LogP contribution in [0.3, 0.4) is 0 Å². The Kier molecular flexibility index (Phi) is 9.60. The average molecular weight is 637 g/mol. The van der Waals surface area contributed by atoms with Crippen molar-refractivity contribution in [3.8, 4) is 5.75 Å². The van der Waals surface area contributed by atoms with E-state index in [1.165, 1.54) is 74.7 Å². The van der Waals surface area contributed by atoms with Crippen molar-refractivity contribution in [2.45, 2.75) is 30.6 Å². The second-order valence-electron chi connectivity index (χ2n) is 9.89. The fourth-order valence-electron chi connectivity index (χ4n) is 4.17. The molecule has 0 saturated heterocycles. The average Bonchev–Trinajstić information content (AvgIpc) is 2.98. The van der Waals surface area contributed by atoms with E-state index in [4.69, 9.17) is 4.74 Å². The first-order valence-electron chi connectivity index (χ1n) is 13.3. The maximum Gasteiger partial charge on any atom is 0.264 e. The molecule has 0 atom stereocenters. The molecule has 0 spiro atoms. The zero-order valence-electron chi connectivity index (χ0n) is 24.5. The van der Waals surface area contributed by atoms with Crippen molar-refractivity contribution in [1.82, 2.24) is 0 Å². The van der Waals surface area contributed by atoms with Crippen molar-refractivity contribution >= 4 is 54.6 Å². The molecule has 0 unspecified atom stereocenters. The number of ether oxygens (including phenoxy) is 1. The second-order valence-corrected chi connectivity index (χ2v) is 13.4. The molecular weight excluding hydrogens is 604 g/mol. The monoisotopic (exact) mass is 636 g/mol. The first kappa shape index (κ1) is 32.0. The standard InChI is InChI=1S/C31H32N4O7S2/c1-21-5-6-26(19-22(21)2)34-43(38,39)29-15-7-25(8-16-29)33-31(37)20-35(27-11-13-28(42-4)14-12-27)44(40,41)30-17-9-24(10-18-30)32-23(3)36/h5-19,34H,20H2,1-4H3,(H,32,36)(H,33,37). The largest absolute Gasteiger partial charge is 0.497 e. The molecule has 230 valence electrons. The Balaban J connectivity index is 1.53. The van der Waals surface area contributed by atoms with Crippen LogP contribution in [0.4, 0.5) is 22.7 Å². The van der Waals surface area contributed by atoms with E-state index in [0.29, 0.717) is 17.1 Å². The number of hydrogen-bond donors (Lipinski definition) is 3. The Hall–Kier alpha value is -4.88. The zero-order valence-corrected chi connectivity index (χ0v) is 26.1. The lowest BCUT2D eigenvalue weighted by atomic mass is 10.1. The summed E-state index contributed by atoms with van der Waals surface area (Å²) in [7, 11) is -6.65.